The van der Waals surface area contributed by atoms with Crippen LogP contribution >= 0.6 is 0 Å². The van der Waals surface area contributed by atoms with Crippen LogP contribution in [-0.4, -0.2) is 41.8 Å². The number of anilines is 1. The van der Waals surface area contributed by atoms with Crippen LogP contribution in [0.1, 0.15) is 36.0 Å². The van der Waals surface area contributed by atoms with Gasteiger partial charge in [0.2, 0.25) is 5.91 Å². The van der Waals surface area contributed by atoms with Crippen LogP contribution in [0, 0.1) is 5.92 Å². The summed E-state index contributed by atoms with van der Waals surface area (Å²) in [7, 11) is 1.75. The molecule has 2 heterocycles. The Balaban J connectivity index is 2.05. The number of pyridine rings is 1. The largest absolute Gasteiger partial charge is 0.372 e. The van der Waals surface area contributed by atoms with Crippen molar-refractivity contribution >= 4 is 17.6 Å². The number of rotatable bonds is 4. The van der Waals surface area contributed by atoms with E-state index >= 15 is 0 Å². The first-order chi connectivity index (χ1) is 10.1. The highest BCUT2D eigenvalue weighted by Crippen LogP contribution is 2.22. The Morgan fingerprint density at radius 1 is 1.43 bits per heavy atom. The summed E-state index contributed by atoms with van der Waals surface area (Å²) >= 11 is 0. The molecule has 0 bridgehead atoms. The molecule has 1 atom stereocenters. The molecule has 3 N–H and O–H groups in total. The Morgan fingerprint density at radius 3 is 2.95 bits per heavy atom. The monoisotopic (exact) mass is 290 g/mol. The van der Waals surface area contributed by atoms with Gasteiger partial charge in [-0.05, 0) is 37.3 Å². The molecule has 0 saturated carbocycles. The first kappa shape index (κ1) is 15.3. The molecule has 0 radical (unpaired) electrons. The smallest absolute Gasteiger partial charge is 0.257 e. The average molecular weight is 290 g/mol. The van der Waals surface area contributed by atoms with Crippen molar-refractivity contribution in [1.82, 2.24) is 9.88 Å². The van der Waals surface area contributed by atoms with E-state index in [-0.39, 0.29) is 17.7 Å². The lowest BCUT2D eigenvalue weighted by molar-refractivity contribution is -0.119. The Labute approximate surface area is 124 Å². The molecule has 0 unspecified atom stereocenters. The molecule has 6 heteroatoms. The number of hydrogen-bond donors (Lipinski definition) is 2. The average Bonchev–Trinajstić information content (AvgIpc) is 2.71. The van der Waals surface area contributed by atoms with Crippen LogP contribution in [0.5, 0.6) is 0 Å². The van der Waals surface area contributed by atoms with Gasteiger partial charge in [-0.25, -0.2) is 4.98 Å². The Bertz CT molecular complexity index is 518. The van der Waals surface area contributed by atoms with Crippen LogP contribution in [0.4, 0.5) is 5.82 Å². The molecule has 1 fully saturated rings. The Kier molecular flexibility index (Phi) is 5.14. The van der Waals surface area contributed by atoms with E-state index in [2.05, 4.69) is 10.3 Å². The molecule has 1 aliphatic heterocycles. The summed E-state index contributed by atoms with van der Waals surface area (Å²) in [5.74, 6) is 0.620. The van der Waals surface area contributed by atoms with E-state index in [0.29, 0.717) is 30.9 Å². The van der Waals surface area contributed by atoms with Gasteiger partial charge in [-0.2, -0.15) is 0 Å². The third-order valence-electron chi connectivity index (χ3n) is 3.90. The van der Waals surface area contributed by atoms with Gasteiger partial charge < -0.3 is 16.0 Å². The fraction of sp³-hybridized carbons (Fsp3) is 0.533. The number of nitrogens with one attached hydrogen (secondary N) is 1. The standard InChI is InChI=1S/C15H22N4O2/c1-17-14-12(5-2-7-18-14)15(21)19-8-3-4-11(6-9-19)10-13(16)20/h2,5,7,11H,3-4,6,8-10H2,1H3,(H2,16,20)(H,17,18)/t11-/m0/s1. The molecule has 6 nitrogen and oxygen atoms in total. The van der Waals surface area contributed by atoms with E-state index in [1.54, 1.807) is 25.4 Å². The summed E-state index contributed by atoms with van der Waals surface area (Å²) < 4.78 is 0. The van der Waals surface area contributed by atoms with Crippen LogP contribution in [-0.2, 0) is 4.79 Å². The molecule has 1 aromatic heterocycles. The van der Waals surface area contributed by atoms with E-state index in [1.165, 1.54) is 0 Å². The first-order valence-electron chi connectivity index (χ1n) is 7.32. The lowest BCUT2D eigenvalue weighted by Crippen LogP contribution is -2.32. The van der Waals surface area contributed by atoms with Crippen LogP contribution < -0.4 is 11.1 Å². The van der Waals surface area contributed by atoms with Crippen LogP contribution in [0.3, 0.4) is 0 Å². The van der Waals surface area contributed by atoms with Gasteiger partial charge >= 0.3 is 0 Å². The molecular weight excluding hydrogens is 268 g/mol. The number of likely N-dealkylation sites (tertiary alicyclic amines) is 1. The molecule has 1 saturated heterocycles. The topological polar surface area (TPSA) is 88.3 Å². The summed E-state index contributed by atoms with van der Waals surface area (Å²) in [6, 6.07) is 3.55. The highest BCUT2D eigenvalue weighted by atomic mass is 16.2. The maximum atomic E-state index is 12.6. The summed E-state index contributed by atoms with van der Waals surface area (Å²) in [4.78, 5) is 29.7. The number of primary amides is 1. The summed E-state index contributed by atoms with van der Waals surface area (Å²) in [5, 5.41) is 2.95. The quantitative estimate of drug-likeness (QED) is 0.873. The lowest BCUT2D eigenvalue weighted by Gasteiger charge is -2.21. The van der Waals surface area contributed by atoms with Gasteiger partial charge in [0, 0.05) is 32.8 Å². The van der Waals surface area contributed by atoms with Gasteiger partial charge in [-0.15, -0.1) is 0 Å². The second kappa shape index (κ2) is 7.06. The van der Waals surface area contributed by atoms with E-state index in [1.807, 2.05) is 4.90 Å². The minimum Gasteiger partial charge on any atom is -0.372 e. The van der Waals surface area contributed by atoms with E-state index in [4.69, 9.17) is 5.73 Å². The van der Waals surface area contributed by atoms with Crippen molar-refractivity contribution in [2.45, 2.75) is 25.7 Å². The molecule has 1 aromatic rings. The number of amides is 2. The SMILES string of the molecule is CNc1ncccc1C(=O)N1CCC[C@H](CC(N)=O)CC1. The number of aromatic nitrogens is 1. The number of carbonyl (C=O) groups is 2. The van der Waals surface area contributed by atoms with Crippen LogP contribution in [0.15, 0.2) is 18.3 Å². The number of carbonyl (C=O) groups excluding carboxylic acids is 2. The summed E-state index contributed by atoms with van der Waals surface area (Å²) in [5.41, 5.74) is 5.85. The molecule has 0 spiro atoms. The van der Waals surface area contributed by atoms with Crippen molar-refractivity contribution in [2.24, 2.45) is 11.7 Å². The van der Waals surface area contributed by atoms with Crippen molar-refractivity contribution in [3.8, 4) is 0 Å². The minimum absolute atomic E-state index is 0.00725. The third-order valence-corrected chi connectivity index (χ3v) is 3.90. The van der Waals surface area contributed by atoms with E-state index in [0.717, 1.165) is 19.3 Å². The number of hydrogen-bond acceptors (Lipinski definition) is 4. The normalized spacial score (nSPS) is 18.9. The van der Waals surface area contributed by atoms with Crippen molar-refractivity contribution in [3.05, 3.63) is 23.9 Å². The van der Waals surface area contributed by atoms with Gasteiger partial charge in [0.05, 0.1) is 5.56 Å². The zero-order valence-electron chi connectivity index (χ0n) is 12.3. The zero-order valence-corrected chi connectivity index (χ0v) is 12.3. The van der Waals surface area contributed by atoms with Crippen molar-refractivity contribution in [3.63, 3.8) is 0 Å². The third kappa shape index (κ3) is 3.93. The predicted octanol–water partition coefficient (Wildman–Crippen LogP) is 1.24. The molecule has 0 aliphatic carbocycles. The summed E-state index contributed by atoms with van der Waals surface area (Å²) in [6.07, 6.45) is 4.74. The molecule has 2 amide bonds. The number of nitrogens with two attached hydrogens (primary N) is 1. The predicted molar refractivity (Wildman–Crippen MR) is 80.8 cm³/mol. The zero-order chi connectivity index (χ0) is 15.2. The van der Waals surface area contributed by atoms with Crippen molar-refractivity contribution in [1.29, 1.82) is 0 Å². The Morgan fingerprint density at radius 2 is 2.24 bits per heavy atom. The maximum absolute atomic E-state index is 12.6. The summed E-state index contributed by atoms with van der Waals surface area (Å²) in [6.45, 7) is 1.38. The highest BCUT2D eigenvalue weighted by molar-refractivity contribution is 5.98. The van der Waals surface area contributed by atoms with Crippen LogP contribution in [0.2, 0.25) is 0 Å². The highest BCUT2D eigenvalue weighted by Gasteiger charge is 2.24. The second-order valence-electron chi connectivity index (χ2n) is 5.41. The molecule has 2 rings (SSSR count). The maximum Gasteiger partial charge on any atom is 0.257 e. The van der Waals surface area contributed by atoms with Crippen molar-refractivity contribution < 1.29 is 9.59 Å². The van der Waals surface area contributed by atoms with Gasteiger partial charge in [-0.3, -0.25) is 9.59 Å². The van der Waals surface area contributed by atoms with Gasteiger partial charge in [-0.1, -0.05) is 0 Å². The fourth-order valence-corrected chi connectivity index (χ4v) is 2.80. The molecular formula is C15H22N4O2. The molecule has 114 valence electrons. The minimum atomic E-state index is -0.260. The van der Waals surface area contributed by atoms with Gasteiger partial charge in [0.25, 0.3) is 5.91 Å². The van der Waals surface area contributed by atoms with Gasteiger partial charge in [0.1, 0.15) is 5.82 Å². The molecule has 21 heavy (non-hydrogen) atoms. The van der Waals surface area contributed by atoms with Crippen LogP contribution in [0.25, 0.3) is 0 Å². The first-order valence-corrected chi connectivity index (χ1v) is 7.32. The van der Waals surface area contributed by atoms with E-state index < -0.39 is 0 Å². The number of nitrogens with zero attached hydrogens (tertiary/aromatic N) is 2. The molecule has 1 aliphatic rings. The molecule has 0 aromatic carbocycles. The van der Waals surface area contributed by atoms with Gasteiger partial charge in [0.15, 0.2) is 0 Å². The van der Waals surface area contributed by atoms with E-state index in [9.17, 15) is 9.59 Å². The van der Waals surface area contributed by atoms with Crippen molar-refractivity contribution in [2.75, 3.05) is 25.5 Å². The second-order valence-corrected chi connectivity index (χ2v) is 5.41. The fourth-order valence-electron chi connectivity index (χ4n) is 2.80. The Hall–Kier alpha value is -2.11. The lowest BCUT2D eigenvalue weighted by atomic mass is 9.97.